The number of benzene rings is 1. The van der Waals surface area contributed by atoms with Crippen LogP contribution >= 0.6 is 24.0 Å². The van der Waals surface area contributed by atoms with Crippen molar-refractivity contribution in [2.75, 3.05) is 19.6 Å². The Bertz CT molecular complexity index is 607. The van der Waals surface area contributed by atoms with Crippen molar-refractivity contribution >= 4 is 29.9 Å². The fourth-order valence-electron chi connectivity index (χ4n) is 2.46. The highest BCUT2D eigenvalue weighted by Crippen LogP contribution is 2.15. The molecule has 0 radical (unpaired) electrons. The Morgan fingerprint density at radius 1 is 1.24 bits per heavy atom. The topological polar surface area (TPSA) is 54.2 Å². The molecule has 25 heavy (non-hydrogen) atoms. The maximum Gasteiger partial charge on any atom is 0.191 e. The van der Waals surface area contributed by atoms with Crippen LogP contribution in [0, 0.1) is 6.92 Å². The van der Waals surface area contributed by atoms with E-state index in [0.29, 0.717) is 5.92 Å². The van der Waals surface area contributed by atoms with Crippen LogP contribution in [0.5, 0.6) is 0 Å². The molecule has 1 heterocycles. The summed E-state index contributed by atoms with van der Waals surface area (Å²) in [7, 11) is 0. The predicted molar refractivity (Wildman–Crippen MR) is 116 cm³/mol. The summed E-state index contributed by atoms with van der Waals surface area (Å²) in [5.74, 6) is 1.30. The van der Waals surface area contributed by atoms with Gasteiger partial charge in [-0.05, 0) is 25.8 Å². The van der Waals surface area contributed by atoms with Crippen molar-refractivity contribution in [1.82, 2.24) is 20.2 Å². The summed E-state index contributed by atoms with van der Waals surface area (Å²) in [5.41, 5.74) is 2.63. The number of aryl methyl sites for hydroxylation is 2. The molecule has 1 aromatic heterocycles. The van der Waals surface area contributed by atoms with Gasteiger partial charge in [-0.3, -0.25) is 4.99 Å². The quantitative estimate of drug-likeness (QED) is 0.277. The summed E-state index contributed by atoms with van der Waals surface area (Å²) in [6.07, 6.45) is 6.69. The number of aliphatic imine (C=N–C) groups is 1. The predicted octanol–water partition coefficient (Wildman–Crippen LogP) is 3.56. The lowest BCUT2D eigenvalue weighted by Gasteiger charge is -2.14. The van der Waals surface area contributed by atoms with Crippen LogP contribution in [-0.2, 0) is 6.54 Å². The molecule has 2 N–H and O–H groups in total. The van der Waals surface area contributed by atoms with Gasteiger partial charge in [0.05, 0.1) is 6.33 Å². The van der Waals surface area contributed by atoms with Gasteiger partial charge in [-0.2, -0.15) is 0 Å². The summed E-state index contributed by atoms with van der Waals surface area (Å²) in [6, 6.07) is 8.71. The molecular weight excluding hydrogens is 425 g/mol. The van der Waals surface area contributed by atoms with E-state index in [1.807, 2.05) is 18.7 Å². The number of halogens is 1. The van der Waals surface area contributed by atoms with Gasteiger partial charge in [0.25, 0.3) is 0 Å². The Balaban J connectivity index is 0.00000312. The molecule has 0 aliphatic rings. The van der Waals surface area contributed by atoms with E-state index in [9.17, 15) is 0 Å². The lowest BCUT2D eigenvalue weighted by atomic mass is 10.0. The van der Waals surface area contributed by atoms with E-state index in [1.165, 1.54) is 11.1 Å². The molecule has 5 nitrogen and oxygen atoms in total. The fourth-order valence-corrected chi connectivity index (χ4v) is 2.46. The van der Waals surface area contributed by atoms with Gasteiger partial charge >= 0.3 is 0 Å². The van der Waals surface area contributed by atoms with Crippen LogP contribution in [0.2, 0.25) is 0 Å². The fraction of sp³-hybridized carbons (Fsp3) is 0.474. The zero-order valence-corrected chi connectivity index (χ0v) is 17.7. The minimum atomic E-state index is 0. The third kappa shape index (κ3) is 7.90. The summed E-state index contributed by atoms with van der Waals surface area (Å²) >= 11 is 0. The van der Waals surface area contributed by atoms with Crippen LogP contribution in [0.4, 0.5) is 0 Å². The molecule has 1 unspecified atom stereocenters. The van der Waals surface area contributed by atoms with Crippen molar-refractivity contribution < 1.29 is 0 Å². The smallest absolute Gasteiger partial charge is 0.191 e. The van der Waals surface area contributed by atoms with Gasteiger partial charge in [-0.25, -0.2) is 4.98 Å². The number of hydrogen-bond donors (Lipinski definition) is 2. The van der Waals surface area contributed by atoms with E-state index >= 15 is 0 Å². The van der Waals surface area contributed by atoms with Gasteiger partial charge in [-0.15, -0.1) is 24.0 Å². The van der Waals surface area contributed by atoms with E-state index in [-0.39, 0.29) is 24.0 Å². The number of nitrogens with one attached hydrogen (secondary N) is 2. The molecule has 0 amide bonds. The Morgan fingerprint density at radius 2 is 2.00 bits per heavy atom. The van der Waals surface area contributed by atoms with Crippen LogP contribution in [0.15, 0.2) is 48.0 Å². The SMILES string of the molecule is CCNC(=NCC(C)c1ccc(C)cc1)NCCCn1ccnc1.I. The highest BCUT2D eigenvalue weighted by atomic mass is 127. The first-order valence-corrected chi connectivity index (χ1v) is 8.73. The molecule has 0 saturated carbocycles. The molecule has 0 spiro atoms. The normalized spacial score (nSPS) is 12.4. The van der Waals surface area contributed by atoms with Gasteiger partial charge in [0, 0.05) is 44.5 Å². The molecule has 6 heteroatoms. The highest BCUT2D eigenvalue weighted by molar-refractivity contribution is 14.0. The highest BCUT2D eigenvalue weighted by Gasteiger charge is 2.05. The van der Waals surface area contributed by atoms with Gasteiger partial charge in [0.15, 0.2) is 5.96 Å². The number of hydrogen-bond acceptors (Lipinski definition) is 2. The Hall–Kier alpha value is -1.57. The maximum atomic E-state index is 4.72. The van der Waals surface area contributed by atoms with E-state index in [2.05, 4.69) is 65.2 Å². The van der Waals surface area contributed by atoms with Crippen molar-refractivity contribution in [2.45, 2.75) is 39.7 Å². The first-order chi connectivity index (χ1) is 11.7. The molecule has 0 saturated heterocycles. The first kappa shape index (κ1) is 21.5. The van der Waals surface area contributed by atoms with Crippen molar-refractivity contribution in [1.29, 1.82) is 0 Å². The third-order valence-corrected chi connectivity index (χ3v) is 3.96. The van der Waals surface area contributed by atoms with E-state index in [0.717, 1.165) is 38.6 Å². The van der Waals surface area contributed by atoms with Gasteiger partial charge in [-0.1, -0.05) is 36.8 Å². The minimum Gasteiger partial charge on any atom is -0.357 e. The summed E-state index contributed by atoms with van der Waals surface area (Å²) in [4.78, 5) is 8.78. The zero-order valence-electron chi connectivity index (χ0n) is 15.4. The summed E-state index contributed by atoms with van der Waals surface area (Å²) < 4.78 is 2.09. The summed E-state index contributed by atoms with van der Waals surface area (Å²) in [5, 5.41) is 6.72. The van der Waals surface area contributed by atoms with E-state index < -0.39 is 0 Å². The minimum absolute atomic E-state index is 0. The van der Waals surface area contributed by atoms with Crippen LogP contribution < -0.4 is 10.6 Å². The van der Waals surface area contributed by atoms with Crippen LogP contribution in [-0.4, -0.2) is 35.1 Å². The lowest BCUT2D eigenvalue weighted by Crippen LogP contribution is -2.38. The van der Waals surface area contributed by atoms with Crippen molar-refractivity contribution in [3.8, 4) is 0 Å². The molecule has 0 aliphatic heterocycles. The molecule has 0 bridgehead atoms. The van der Waals surface area contributed by atoms with Gasteiger partial charge in [0.2, 0.25) is 0 Å². The Kier molecular flexibility index (Phi) is 10.2. The van der Waals surface area contributed by atoms with Crippen molar-refractivity contribution in [3.63, 3.8) is 0 Å². The first-order valence-electron chi connectivity index (χ1n) is 8.73. The molecule has 138 valence electrons. The molecule has 0 aliphatic carbocycles. The number of imidazole rings is 1. The maximum absolute atomic E-state index is 4.72. The Morgan fingerprint density at radius 3 is 2.64 bits per heavy atom. The molecule has 1 atom stereocenters. The van der Waals surface area contributed by atoms with Crippen molar-refractivity contribution in [2.24, 2.45) is 4.99 Å². The Labute approximate surface area is 168 Å². The number of guanidine groups is 1. The van der Waals surface area contributed by atoms with Gasteiger partial charge < -0.3 is 15.2 Å². The second kappa shape index (κ2) is 11.9. The van der Waals surface area contributed by atoms with E-state index in [4.69, 9.17) is 4.99 Å². The van der Waals surface area contributed by atoms with Crippen LogP contribution in [0.1, 0.15) is 37.3 Å². The summed E-state index contributed by atoms with van der Waals surface area (Å²) in [6.45, 7) is 9.92. The number of aromatic nitrogens is 2. The largest absolute Gasteiger partial charge is 0.357 e. The molecule has 1 aromatic carbocycles. The number of nitrogens with zero attached hydrogens (tertiary/aromatic N) is 3. The molecule has 0 fully saturated rings. The molecule has 2 aromatic rings. The standard InChI is InChI=1S/C19H29N5.HI/c1-4-21-19(22-10-5-12-24-13-11-20-15-24)23-14-17(3)18-8-6-16(2)7-9-18;/h6-9,11,13,15,17H,4-5,10,12,14H2,1-3H3,(H2,21,22,23);1H. The third-order valence-electron chi connectivity index (χ3n) is 3.96. The average Bonchev–Trinajstić information content (AvgIpc) is 3.10. The van der Waals surface area contributed by atoms with Crippen LogP contribution in [0.25, 0.3) is 0 Å². The number of rotatable bonds is 8. The molecule has 2 rings (SSSR count). The van der Waals surface area contributed by atoms with Crippen molar-refractivity contribution in [3.05, 3.63) is 54.1 Å². The zero-order chi connectivity index (χ0) is 17.2. The van der Waals surface area contributed by atoms with Gasteiger partial charge in [0.1, 0.15) is 0 Å². The second-order valence-electron chi connectivity index (χ2n) is 6.11. The molecular formula is C19H30IN5. The van der Waals surface area contributed by atoms with E-state index in [1.54, 1.807) is 0 Å². The monoisotopic (exact) mass is 455 g/mol. The second-order valence-corrected chi connectivity index (χ2v) is 6.11. The van der Waals surface area contributed by atoms with Crippen LogP contribution in [0.3, 0.4) is 0 Å². The average molecular weight is 455 g/mol. The lowest BCUT2D eigenvalue weighted by molar-refractivity contribution is 0.623.